The third-order valence-electron chi connectivity index (χ3n) is 7.50. The van der Waals surface area contributed by atoms with Crippen LogP contribution in [0, 0.1) is 11.3 Å². The number of nitrogens with one attached hydrogen (secondary N) is 3. The second-order valence-electron chi connectivity index (χ2n) is 10.1. The molecule has 3 N–H and O–H groups in total. The molecule has 1 aliphatic carbocycles. The van der Waals surface area contributed by atoms with E-state index >= 15 is 0 Å². The summed E-state index contributed by atoms with van der Waals surface area (Å²) in [6, 6.07) is 13.6. The van der Waals surface area contributed by atoms with Crippen LogP contribution < -0.4 is 10.6 Å². The number of halogens is 1. The van der Waals surface area contributed by atoms with E-state index < -0.39 is 5.54 Å². The van der Waals surface area contributed by atoms with Gasteiger partial charge in [-0.1, -0.05) is 48.0 Å². The van der Waals surface area contributed by atoms with Crippen molar-refractivity contribution in [1.82, 2.24) is 10.2 Å². The highest BCUT2D eigenvalue weighted by molar-refractivity contribution is 6.34. The molecule has 184 valence electrons. The molecule has 7 nitrogen and oxygen atoms in total. The van der Waals surface area contributed by atoms with E-state index in [1.807, 2.05) is 38.1 Å². The largest absolute Gasteiger partial charge is 0.378 e. The van der Waals surface area contributed by atoms with E-state index in [0.717, 1.165) is 0 Å². The van der Waals surface area contributed by atoms with Crippen LogP contribution in [-0.2, 0) is 32.7 Å². The van der Waals surface area contributed by atoms with Crippen LogP contribution in [0.3, 0.4) is 0 Å². The number of amides is 2. The van der Waals surface area contributed by atoms with Crippen LogP contribution in [0.4, 0.5) is 5.69 Å². The van der Waals surface area contributed by atoms with Crippen LogP contribution in [0.5, 0.6) is 0 Å². The predicted octanol–water partition coefficient (Wildman–Crippen LogP) is 4.23. The van der Waals surface area contributed by atoms with E-state index in [4.69, 9.17) is 21.7 Å². The number of anilines is 1. The van der Waals surface area contributed by atoms with Crippen LogP contribution >= 0.6 is 11.6 Å². The van der Waals surface area contributed by atoms with E-state index in [-0.39, 0.29) is 42.3 Å². The quantitative estimate of drug-likeness (QED) is 0.592. The Labute approximate surface area is 210 Å². The van der Waals surface area contributed by atoms with E-state index in [1.54, 1.807) is 11.0 Å². The van der Waals surface area contributed by atoms with Crippen molar-refractivity contribution in [2.45, 2.75) is 63.6 Å². The van der Waals surface area contributed by atoms with Gasteiger partial charge in [-0.15, -0.1) is 0 Å². The molecule has 0 unspecified atom stereocenters. The number of nitrogens with zero attached hydrogens (tertiary/aromatic N) is 1. The molecule has 0 aromatic heterocycles. The lowest BCUT2D eigenvalue weighted by Crippen LogP contribution is -2.63. The summed E-state index contributed by atoms with van der Waals surface area (Å²) in [4.78, 5) is 27.9. The Morgan fingerprint density at radius 2 is 1.91 bits per heavy atom. The average Bonchev–Trinajstić information content (AvgIpc) is 3.24. The minimum Gasteiger partial charge on any atom is -0.378 e. The third kappa shape index (κ3) is 4.55. The second kappa shape index (κ2) is 9.28. The second-order valence-corrected chi connectivity index (χ2v) is 10.5. The number of carbonyl (C=O) groups excluding carboxylic acids is 2. The first-order valence-electron chi connectivity index (χ1n) is 12.2. The molecule has 0 saturated carbocycles. The van der Waals surface area contributed by atoms with Gasteiger partial charge in [-0.25, -0.2) is 0 Å². The first-order valence-corrected chi connectivity index (χ1v) is 12.6. The van der Waals surface area contributed by atoms with Gasteiger partial charge in [-0.05, 0) is 62.3 Å². The molecule has 3 atom stereocenters. The summed E-state index contributed by atoms with van der Waals surface area (Å²) < 4.78 is 5.61. The van der Waals surface area contributed by atoms with Crippen molar-refractivity contribution in [3.63, 3.8) is 0 Å². The summed E-state index contributed by atoms with van der Waals surface area (Å²) in [5.74, 6) is -0.229. The average molecular weight is 495 g/mol. The van der Waals surface area contributed by atoms with Crippen molar-refractivity contribution in [2.75, 3.05) is 11.9 Å². The topological polar surface area (TPSA) is 94.5 Å². The van der Waals surface area contributed by atoms with E-state index in [9.17, 15) is 9.59 Å². The van der Waals surface area contributed by atoms with Gasteiger partial charge in [0.15, 0.2) is 5.96 Å². The van der Waals surface area contributed by atoms with Gasteiger partial charge in [0.25, 0.3) is 0 Å². The van der Waals surface area contributed by atoms with Crippen molar-refractivity contribution in [3.05, 3.63) is 64.2 Å². The number of rotatable bonds is 4. The van der Waals surface area contributed by atoms with Crippen LogP contribution in [0.15, 0.2) is 42.5 Å². The summed E-state index contributed by atoms with van der Waals surface area (Å²) >= 11 is 6.80. The molecule has 0 radical (unpaired) electrons. The summed E-state index contributed by atoms with van der Waals surface area (Å²) in [6.07, 6.45) is 3.07. The predicted molar refractivity (Wildman–Crippen MR) is 136 cm³/mol. The van der Waals surface area contributed by atoms with Gasteiger partial charge in [-0.2, -0.15) is 0 Å². The Hall–Kier alpha value is -2.90. The molecule has 2 aromatic carbocycles. The Balaban J connectivity index is 1.32. The number of hydrogen-bond donors (Lipinski definition) is 3. The molecular formula is C27H31ClN4O3. The Kier molecular flexibility index (Phi) is 6.32. The number of hydrogen-bond acceptors (Lipinski definition) is 4. The first kappa shape index (κ1) is 23.8. The highest BCUT2D eigenvalue weighted by Gasteiger charge is 2.44. The van der Waals surface area contributed by atoms with Crippen LogP contribution in [0.1, 0.15) is 49.8 Å². The van der Waals surface area contributed by atoms with Crippen molar-refractivity contribution >= 4 is 35.1 Å². The highest BCUT2D eigenvalue weighted by Crippen LogP contribution is 2.39. The molecule has 5 rings (SSSR count). The maximum Gasteiger partial charge on any atom is 0.232 e. The van der Waals surface area contributed by atoms with Gasteiger partial charge >= 0.3 is 0 Å². The standard InChI is InChI=1S/C27H31ClN4O3/c1-16-12-20(10-11-35-16)32-23(33)15-27(2,31-26(32)29)21-8-5-9-22(24(21)28)30-25(34)19-13-17-6-3-4-7-18(17)14-19/h3-9,16,19-20H,10-15H2,1-2H3,(H2,29,31)(H,30,34)/t16-,20-,27+/m1/s1. The number of ether oxygens (including phenoxy) is 1. The van der Waals surface area contributed by atoms with Crippen molar-refractivity contribution in [3.8, 4) is 0 Å². The van der Waals surface area contributed by atoms with E-state index in [1.165, 1.54) is 11.1 Å². The number of carbonyl (C=O) groups is 2. The zero-order valence-corrected chi connectivity index (χ0v) is 20.8. The molecule has 3 aliphatic rings. The van der Waals surface area contributed by atoms with Crippen molar-refractivity contribution in [2.24, 2.45) is 5.92 Å². The summed E-state index contributed by atoms with van der Waals surface area (Å²) in [6.45, 7) is 4.45. The van der Waals surface area contributed by atoms with E-state index in [2.05, 4.69) is 22.8 Å². The Bertz CT molecular complexity index is 1140. The first-order chi connectivity index (χ1) is 16.7. The monoisotopic (exact) mass is 494 g/mol. The van der Waals surface area contributed by atoms with Gasteiger partial charge in [0, 0.05) is 18.6 Å². The minimum absolute atomic E-state index is 0.0487. The zero-order valence-electron chi connectivity index (χ0n) is 20.1. The smallest absolute Gasteiger partial charge is 0.232 e. The number of guanidine groups is 1. The van der Waals surface area contributed by atoms with Crippen LogP contribution in [0.25, 0.3) is 0 Å². The van der Waals surface area contributed by atoms with E-state index in [0.29, 0.717) is 48.6 Å². The van der Waals surface area contributed by atoms with Crippen LogP contribution in [0.2, 0.25) is 5.02 Å². The molecule has 0 bridgehead atoms. The zero-order chi connectivity index (χ0) is 24.7. The fourth-order valence-corrected chi connectivity index (χ4v) is 6.05. The summed E-state index contributed by atoms with van der Waals surface area (Å²) in [5, 5.41) is 15.3. The third-order valence-corrected chi connectivity index (χ3v) is 7.91. The lowest BCUT2D eigenvalue weighted by molar-refractivity contribution is -0.134. The molecule has 0 spiro atoms. The maximum absolute atomic E-state index is 13.2. The van der Waals surface area contributed by atoms with Gasteiger partial charge in [0.05, 0.1) is 28.8 Å². The van der Waals surface area contributed by atoms with Gasteiger partial charge in [-0.3, -0.25) is 19.9 Å². The summed E-state index contributed by atoms with van der Waals surface area (Å²) in [7, 11) is 0. The maximum atomic E-state index is 13.2. The molecule has 2 aliphatic heterocycles. The van der Waals surface area contributed by atoms with Gasteiger partial charge in [0.1, 0.15) is 0 Å². The Morgan fingerprint density at radius 1 is 1.20 bits per heavy atom. The minimum atomic E-state index is -0.858. The molecule has 2 saturated heterocycles. The fraction of sp³-hybridized carbons (Fsp3) is 0.444. The SMILES string of the molecule is C[C@@H]1C[C@H](N2C(=N)N[C@](C)(c3cccc(NC(=O)C4Cc5ccccc5C4)c3Cl)CC2=O)CCO1. The number of fused-ring (bicyclic) bond motifs is 1. The number of benzene rings is 2. The molecule has 8 heteroatoms. The van der Waals surface area contributed by atoms with Gasteiger partial charge in [0.2, 0.25) is 11.8 Å². The molecule has 35 heavy (non-hydrogen) atoms. The van der Waals surface area contributed by atoms with Crippen molar-refractivity contribution < 1.29 is 14.3 Å². The molecular weight excluding hydrogens is 464 g/mol. The molecule has 2 amide bonds. The lowest BCUT2D eigenvalue weighted by atomic mass is 9.85. The summed E-state index contributed by atoms with van der Waals surface area (Å²) in [5.41, 5.74) is 2.78. The van der Waals surface area contributed by atoms with Gasteiger partial charge < -0.3 is 15.4 Å². The fourth-order valence-electron chi connectivity index (χ4n) is 5.67. The molecule has 2 aromatic rings. The van der Waals surface area contributed by atoms with Crippen LogP contribution in [-0.4, -0.2) is 41.4 Å². The molecule has 2 heterocycles. The Morgan fingerprint density at radius 3 is 2.57 bits per heavy atom. The highest BCUT2D eigenvalue weighted by atomic mass is 35.5. The molecule has 2 fully saturated rings. The van der Waals surface area contributed by atoms with Crippen molar-refractivity contribution in [1.29, 1.82) is 5.41 Å². The normalized spacial score (nSPS) is 26.9. The lowest BCUT2D eigenvalue weighted by Gasteiger charge is -2.45.